The number of ether oxygens (including phenoxy) is 1. The van der Waals surface area contributed by atoms with Crippen LogP contribution in [0.5, 0.6) is 5.75 Å². The normalized spacial score (nSPS) is 20.4. The van der Waals surface area contributed by atoms with Crippen molar-refractivity contribution in [3.05, 3.63) is 24.3 Å². The molecule has 0 unspecified atom stereocenters. The molecule has 0 bridgehead atoms. The minimum absolute atomic E-state index is 0.0298. The van der Waals surface area contributed by atoms with Crippen LogP contribution in [-0.4, -0.2) is 61.8 Å². The molecule has 1 aromatic rings. The second-order valence-electron chi connectivity index (χ2n) is 6.90. The summed E-state index contributed by atoms with van der Waals surface area (Å²) in [7, 11) is -3.93. The van der Waals surface area contributed by atoms with E-state index in [0.29, 0.717) is 31.7 Å². The highest BCUT2D eigenvalue weighted by molar-refractivity contribution is 7.85. The van der Waals surface area contributed by atoms with Gasteiger partial charge in [-0.1, -0.05) is 12.1 Å². The highest BCUT2D eigenvalue weighted by atomic mass is 32.2. The quantitative estimate of drug-likeness (QED) is 0.598. The van der Waals surface area contributed by atoms with Crippen molar-refractivity contribution >= 4 is 21.7 Å². The van der Waals surface area contributed by atoms with Crippen LogP contribution in [-0.2, 0) is 14.9 Å². The van der Waals surface area contributed by atoms with E-state index in [1.54, 1.807) is 0 Å². The van der Waals surface area contributed by atoms with Crippen LogP contribution < -0.4 is 9.64 Å². The van der Waals surface area contributed by atoms with E-state index in [2.05, 4.69) is 4.90 Å². The summed E-state index contributed by atoms with van der Waals surface area (Å²) in [5.74, 6) is 0.473. The summed E-state index contributed by atoms with van der Waals surface area (Å²) in [4.78, 5) is 16.8. The van der Waals surface area contributed by atoms with Crippen molar-refractivity contribution in [1.82, 2.24) is 4.90 Å². The zero-order valence-electron chi connectivity index (χ0n) is 14.8. The van der Waals surface area contributed by atoms with E-state index in [1.165, 1.54) is 0 Å². The van der Waals surface area contributed by atoms with Crippen LogP contribution in [0.3, 0.4) is 0 Å². The molecule has 1 fully saturated rings. The van der Waals surface area contributed by atoms with E-state index in [-0.39, 0.29) is 11.7 Å². The number of nitrogens with zero attached hydrogens (tertiary/aromatic N) is 2. The number of carbonyl (C=O) groups is 1. The maximum Gasteiger partial charge on any atom is 0.265 e. The molecule has 2 aliphatic rings. The average Bonchev–Trinajstić information content (AvgIpc) is 2.64. The fourth-order valence-corrected chi connectivity index (χ4v) is 4.12. The highest BCUT2D eigenvalue weighted by Gasteiger charge is 2.33. The first-order valence-corrected chi connectivity index (χ1v) is 10.8. The van der Waals surface area contributed by atoms with Crippen molar-refractivity contribution in [2.75, 3.05) is 36.8 Å². The summed E-state index contributed by atoms with van der Waals surface area (Å²) in [6, 6.07) is 7.60. The Kier molecular flexibility index (Phi) is 6.03. The van der Waals surface area contributed by atoms with Gasteiger partial charge in [0.1, 0.15) is 5.75 Å². The standard InChI is InChI=1S/C18H26N2O5S/c21-18(19-10-4-1-5-11-19)17-14-20(12-6-7-13-26(22,23)24)15-8-2-3-9-16(15)25-17/h2-3,8-9,17H,1,4-7,10-14H2,(H,22,23,24)/t17-/m0/s1. The van der Waals surface area contributed by atoms with E-state index in [0.717, 1.165) is 38.0 Å². The molecule has 7 nitrogen and oxygen atoms in total. The minimum Gasteiger partial charge on any atom is -0.477 e. The summed E-state index contributed by atoms with van der Waals surface area (Å²) in [6.07, 6.45) is 3.69. The van der Waals surface area contributed by atoms with Crippen LogP contribution in [0.4, 0.5) is 5.69 Å². The molecule has 0 radical (unpaired) electrons. The summed E-state index contributed by atoms with van der Waals surface area (Å²) in [6.45, 7) is 2.64. The Bertz CT molecular complexity index is 731. The van der Waals surface area contributed by atoms with Gasteiger partial charge in [-0.2, -0.15) is 8.42 Å². The van der Waals surface area contributed by atoms with Crippen LogP contribution in [0, 0.1) is 0 Å². The molecular weight excluding hydrogens is 356 g/mol. The first-order chi connectivity index (χ1) is 12.4. The second-order valence-corrected chi connectivity index (χ2v) is 8.47. The highest BCUT2D eigenvalue weighted by Crippen LogP contribution is 2.33. The first-order valence-electron chi connectivity index (χ1n) is 9.18. The molecule has 1 saturated heterocycles. The molecule has 0 aliphatic carbocycles. The third-order valence-corrected chi connectivity index (χ3v) is 5.69. The Hall–Kier alpha value is -1.80. The zero-order valence-corrected chi connectivity index (χ0v) is 15.7. The number of carbonyl (C=O) groups excluding carboxylic acids is 1. The van der Waals surface area contributed by atoms with Crippen molar-refractivity contribution in [1.29, 1.82) is 0 Å². The number of para-hydroxylation sites is 2. The first kappa shape index (κ1) is 19.0. The Morgan fingerprint density at radius 1 is 1.15 bits per heavy atom. The van der Waals surface area contributed by atoms with E-state index in [9.17, 15) is 13.2 Å². The molecule has 1 aromatic carbocycles. The van der Waals surface area contributed by atoms with Gasteiger partial charge in [-0.3, -0.25) is 9.35 Å². The van der Waals surface area contributed by atoms with Gasteiger partial charge in [0.2, 0.25) is 0 Å². The predicted molar refractivity (Wildman–Crippen MR) is 99.2 cm³/mol. The lowest BCUT2D eigenvalue weighted by molar-refractivity contribution is -0.139. The number of amides is 1. The van der Waals surface area contributed by atoms with Gasteiger partial charge >= 0.3 is 0 Å². The van der Waals surface area contributed by atoms with Crippen LogP contribution in [0.25, 0.3) is 0 Å². The summed E-state index contributed by atoms with van der Waals surface area (Å²) in [5.41, 5.74) is 0.919. The van der Waals surface area contributed by atoms with Crippen LogP contribution >= 0.6 is 0 Å². The van der Waals surface area contributed by atoms with E-state index in [4.69, 9.17) is 9.29 Å². The monoisotopic (exact) mass is 382 g/mol. The number of hydrogen-bond acceptors (Lipinski definition) is 5. The van der Waals surface area contributed by atoms with Crippen molar-refractivity contribution in [3.63, 3.8) is 0 Å². The lowest BCUT2D eigenvalue weighted by Gasteiger charge is -2.38. The number of benzene rings is 1. The van der Waals surface area contributed by atoms with Crippen LogP contribution in [0.2, 0.25) is 0 Å². The Morgan fingerprint density at radius 3 is 2.62 bits per heavy atom. The smallest absolute Gasteiger partial charge is 0.265 e. The minimum atomic E-state index is -3.93. The van der Waals surface area contributed by atoms with Gasteiger partial charge in [0.15, 0.2) is 6.10 Å². The molecule has 26 heavy (non-hydrogen) atoms. The number of rotatable bonds is 6. The predicted octanol–water partition coefficient (Wildman–Crippen LogP) is 1.93. The zero-order chi connectivity index (χ0) is 18.6. The fraction of sp³-hybridized carbons (Fsp3) is 0.611. The van der Waals surface area contributed by atoms with Gasteiger partial charge in [0.25, 0.3) is 16.0 Å². The van der Waals surface area contributed by atoms with Gasteiger partial charge in [-0.25, -0.2) is 0 Å². The van der Waals surface area contributed by atoms with E-state index in [1.807, 2.05) is 29.2 Å². The molecule has 2 aliphatic heterocycles. The molecule has 1 N–H and O–H groups in total. The van der Waals surface area contributed by atoms with Gasteiger partial charge in [0.05, 0.1) is 18.0 Å². The molecule has 144 valence electrons. The van der Waals surface area contributed by atoms with Crippen molar-refractivity contribution in [2.24, 2.45) is 0 Å². The van der Waals surface area contributed by atoms with Crippen molar-refractivity contribution < 1.29 is 22.5 Å². The second kappa shape index (κ2) is 8.26. The Morgan fingerprint density at radius 2 is 1.88 bits per heavy atom. The molecule has 1 amide bonds. The molecule has 0 spiro atoms. The molecule has 0 saturated carbocycles. The maximum absolute atomic E-state index is 12.8. The summed E-state index contributed by atoms with van der Waals surface area (Å²) >= 11 is 0. The number of fused-ring (bicyclic) bond motifs is 1. The third kappa shape index (κ3) is 4.88. The van der Waals surface area contributed by atoms with Crippen LogP contribution in [0.1, 0.15) is 32.1 Å². The topological polar surface area (TPSA) is 87.2 Å². The third-order valence-electron chi connectivity index (χ3n) is 4.88. The number of anilines is 1. The lowest BCUT2D eigenvalue weighted by atomic mass is 10.1. The summed E-state index contributed by atoms with van der Waals surface area (Å²) in [5, 5.41) is 0. The number of piperidine rings is 1. The average molecular weight is 382 g/mol. The summed E-state index contributed by atoms with van der Waals surface area (Å²) < 4.78 is 36.6. The largest absolute Gasteiger partial charge is 0.477 e. The van der Waals surface area contributed by atoms with Crippen molar-refractivity contribution in [2.45, 2.75) is 38.2 Å². The number of unbranched alkanes of at least 4 members (excludes halogenated alkanes) is 1. The van der Waals surface area contributed by atoms with E-state index >= 15 is 0 Å². The molecule has 0 aromatic heterocycles. The SMILES string of the molecule is O=C([C@@H]1CN(CCCCS(=O)(=O)O)c2ccccc2O1)N1CCCCC1. The van der Waals surface area contributed by atoms with Crippen LogP contribution in [0.15, 0.2) is 24.3 Å². The lowest BCUT2D eigenvalue weighted by Crippen LogP contribution is -2.51. The fourth-order valence-electron chi connectivity index (χ4n) is 3.55. The van der Waals surface area contributed by atoms with Gasteiger partial charge < -0.3 is 14.5 Å². The number of hydrogen-bond donors (Lipinski definition) is 1. The van der Waals surface area contributed by atoms with Gasteiger partial charge in [-0.15, -0.1) is 0 Å². The maximum atomic E-state index is 12.8. The molecular formula is C18H26N2O5S. The molecule has 2 heterocycles. The van der Waals surface area contributed by atoms with Gasteiger partial charge in [0, 0.05) is 19.6 Å². The number of likely N-dealkylation sites (tertiary alicyclic amines) is 1. The Balaban J connectivity index is 1.66. The Labute approximate surface area is 154 Å². The van der Waals surface area contributed by atoms with Gasteiger partial charge in [-0.05, 0) is 44.2 Å². The molecule has 1 atom stereocenters. The molecule has 8 heteroatoms. The molecule has 3 rings (SSSR count). The van der Waals surface area contributed by atoms with E-state index < -0.39 is 16.2 Å². The van der Waals surface area contributed by atoms with Crippen molar-refractivity contribution in [3.8, 4) is 5.75 Å².